The van der Waals surface area contributed by atoms with Crippen LogP contribution in [0.25, 0.3) is 0 Å². The van der Waals surface area contributed by atoms with E-state index in [0.29, 0.717) is 13.0 Å². The fraction of sp³-hybridized carbons (Fsp3) is 0.947. The average molecular weight is 595 g/mol. The minimum Gasteiger partial charge on any atom is -0.481 e. The van der Waals surface area contributed by atoms with Gasteiger partial charge in [0.2, 0.25) is 0 Å². The second-order valence-corrected chi connectivity index (χ2v) is 13.2. The van der Waals surface area contributed by atoms with Crippen molar-refractivity contribution in [3.63, 3.8) is 0 Å². The van der Waals surface area contributed by atoms with Crippen molar-refractivity contribution in [2.75, 3.05) is 6.61 Å². The summed E-state index contributed by atoms with van der Waals surface area (Å²) in [6.45, 7) is 4.98. The van der Waals surface area contributed by atoms with Gasteiger partial charge < -0.3 is 9.84 Å². The zero-order valence-corrected chi connectivity index (χ0v) is 28.6. The summed E-state index contributed by atoms with van der Waals surface area (Å²) in [4.78, 5) is 23.8. The highest BCUT2D eigenvalue weighted by molar-refractivity contribution is 5.79. The SMILES string of the molecule is CCCCCCCCCCCCCCCCCCOC(=O)C(CCCCCCCCCCCCCCCC)CC(=O)O. The molecule has 0 radical (unpaired) electrons. The molecular weight excluding hydrogens is 520 g/mol. The first-order valence-electron chi connectivity index (χ1n) is 19.0. The number of carboxylic acid groups (broad SMARTS) is 1. The Hall–Kier alpha value is -1.06. The van der Waals surface area contributed by atoms with Crippen molar-refractivity contribution in [1.82, 2.24) is 0 Å². The van der Waals surface area contributed by atoms with Gasteiger partial charge >= 0.3 is 11.9 Å². The molecule has 0 saturated carbocycles. The van der Waals surface area contributed by atoms with Crippen LogP contribution in [0.4, 0.5) is 0 Å². The van der Waals surface area contributed by atoms with Crippen LogP contribution < -0.4 is 0 Å². The number of carboxylic acids is 1. The maximum absolute atomic E-state index is 12.5. The number of aliphatic carboxylic acids is 1. The lowest BCUT2D eigenvalue weighted by Crippen LogP contribution is -2.21. The van der Waals surface area contributed by atoms with E-state index in [4.69, 9.17) is 4.74 Å². The predicted octanol–water partition coefficient (Wildman–Crippen LogP) is 12.8. The average Bonchev–Trinajstić information content (AvgIpc) is 2.98. The molecule has 1 atom stereocenters. The largest absolute Gasteiger partial charge is 0.481 e. The fourth-order valence-electron chi connectivity index (χ4n) is 6.04. The van der Waals surface area contributed by atoms with Crippen molar-refractivity contribution in [3.05, 3.63) is 0 Å². The second-order valence-electron chi connectivity index (χ2n) is 13.2. The molecule has 0 fully saturated rings. The molecule has 0 heterocycles. The maximum Gasteiger partial charge on any atom is 0.309 e. The molecule has 1 unspecified atom stereocenters. The van der Waals surface area contributed by atoms with Crippen LogP contribution in [0.5, 0.6) is 0 Å². The highest BCUT2D eigenvalue weighted by Gasteiger charge is 2.22. The molecule has 0 aromatic heterocycles. The second kappa shape index (κ2) is 34.4. The van der Waals surface area contributed by atoms with Crippen molar-refractivity contribution >= 4 is 11.9 Å². The summed E-state index contributed by atoms with van der Waals surface area (Å²) < 4.78 is 5.49. The van der Waals surface area contributed by atoms with Crippen molar-refractivity contribution in [1.29, 1.82) is 0 Å². The van der Waals surface area contributed by atoms with Crippen LogP contribution in [0.15, 0.2) is 0 Å². The summed E-state index contributed by atoms with van der Waals surface area (Å²) in [7, 11) is 0. The summed E-state index contributed by atoms with van der Waals surface area (Å²) >= 11 is 0. The quantitative estimate of drug-likeness (QED) is 0.0585. The van der Waals surface area contributed by atoms with Gasteiger partial charge in [-0.2, -0.15) is 0 Å². The molecule has 0 aliphatic rings. The standard InChI is InChI=1S/C38H74O4/c1-3-5-7-9-11-13-15-17-19-20-22-24-26-28-30-32-34-42-38(41)36(35-37(39)40)33-31-29-27-25-23-21-18-16-14-12-10-8-6-4-2/h36H,3-35H2,1-2H3,(H,39,40). The molecule has 0 aromatic carbocycles. The molecule has 0 aromatic rings. The first kappa shape index (κ1) is 40.9. The van der Waals surface area contributed by atoms with Crippen molar-refractivity contribution < 1.29 is 19.4 Å². The molecule has 0 aliphatic carbocycles. The molecule has 250 valence electrons. The Morgan fingerprint density at radius 3 is 1.05 bits per heavy atom. The van der Waals surface area contributed by atoms with E-state index in [-0.39, 0.29) is 12.4 Å². The first-order chi connectivity index (χ1) is 20.6. The molecule has 0 aliphatic heterocycles. The van der Waals surface area contributed by atoms with Gasteiger partial charge in [-0.25, -0.2) is 0 Å². The van der Waals surface area contributed by atoms with Gasteiger partial charge in [0.05, 0.1) is 18.9 Å². The lowest BCUT2D eigenvalue weighted by Gasteiger charge is -2.14. The minimum absolute atomic E-state index is 0.101. The van der Waals surface area contributed by atoms with Crippen LogP contribution >= 0.6 is 0 Å². The molecule has 1 N–H and O–H groups in total. The molecular formula is C38H74O4. The predicted molar refractivity (Wildman–Crippen MR) is 181 cm³/mol. The molecule has 0 spiro atoms. The number of carbonyl (C=O) groups is 2. The van der Waals surface area contributed by atoms with Crippen molar-refractivity contribution in [2.45, 2.75) is 219 Å². The van der Waals surface area contributed by atoms with Crippen LogP contribution in [0.2, 0.25) is 0 Å². The van der Waals surface area contributed by atoms with E-state index in [1.54, 1.807) is 0 Å². The van der Waals surface area contributed by atoms with Gasteiger partial charge in [-0.15, -0.1) is 0 Å². The summed E-state index contributed by atoms with van der Waals surface area (Å²) in [5, 5.41) is 9.26. The summed E-state index contributed by atoms with van der Waals surface area (Å²) in [6.07, 6.45) is 39.8. The number of carbonyl (C=O) groups excluding carboxylic acids is 1. The van der Waals surface area contributed by atoms with Gasteiger partial charge in [0.15, 0.2) is 0 Å². The molecule has 0 amide bonds. The highest BCUT2D eigenvalue weighted by Crippen LogP contribution is 2.19. The minimum atomic E-state index is -0.898. The summed E-state index contributed by atoms with van der Waals surface area (Å²) in [6, 6.07) is 0. The lowest BCUT2D eigenvalue weighted by atomic mass is 9.97. The number of esters is 1. The van der Waals surface area contributed by atoms with Crippen LogP contribution in [0, 0.1) is 5.92 Å². The Kier molecular flexibility index (Phi) is 33.6. The summed E-state index contributed by atoms with van der Waals surface area (Å²) in [5.74, 6) is -1.68. The normalized spacial score (nSPS) is 12.0. The third kappa shape index (κ3) is 31.9. The zero-order valence-electron chi connectivity index (χ0n) is 28.6. The maximum atomic E-state index is 12.5. The topological polar surface area (TPSA) is 63.6 Å². The van der Waals surface area contributed by atoms with Gasteiger partial charge in [-0.3, -0.25) is 9.59 Å². The Balaban J connectivity index is 3.60. The molecule has 0 bridgehead atoms. The Labute approximate surface area is 262 Å². The number of ether oxygens (including phenoxy) is 1. The van der Waals surface area contributed by atoms with Crippen LogP contribution in [-0.4, -0.2) is 23.7 Å². The van der Waals surface area contributed by atoms with Crippen molar-refractivity contribution in [2.24, 2.45) is 5.92 Å². The van der Waals surface area contributed by atoms with E-state index in [1.807, 2.05) is 0 Å². The Morgan fingerprint density at radius 1 is 0.452 bits per heavy atom. The molecule has 4 heteroatoms. The van der Waals surface area contributed by atoms with Gasteiger partial charge in [0.1, 0.15) is 0 Å². The lowest BCUT2D eigenvalue weighted by molar-refractivity contribution is -0.153. The van der Waals surface area contributed by atoms with Crippen LogP contribution in [-0.2, 0) is 14.3 Å². The van der Waals surface area contributed by atoms with Gasteiger partial charge in [0.25, 0.3) is 0 Å². The van der Waals surface area contributed by atoms with E-state index < -0.39 is 11.9 Å². The van der Waals surface area contributed by atoms with E-state index >= 15 is 0 Å². The van der Waals surface area contributed by atoms with E-state index in [0.717, 1.165) is 25.7 Å². The number of unbranched alkanes of at least 4 members (excludes halogenated alkanes) is 28. The third-order valence-electron chi connectivity index (χ3n) is 8.90. The fourth-order valence-corrected chi connectivity index (χ4v) is 6.04. The van der Waals surface area contributed by atoms with E-state index in [2.05, 4.69) is 13.8 Å². The molecule has 0 saturated heterocycles. The van der Waals surface area contributed by atoms with Gasteiger partial charge in [0, 0.05) is 0 Å². The Bertz CT molecular complexity index is 561. The monoisotopic (exact) mass is 595 g/mol. The van der Waals surface area contributed by atoms with E-state index in [1.165, 1.54) is 167 Å². The molecule has 42 heavy (non-hydrogen) atoms. The Morgan fingerprint density at radius 2 is 0.738 bits per heavy atom. The van der Waals surface area contributed by atoms with Crippen LogP contribution in [0.1, 0.15) is 219 Å². The van der Waals surface area contributed by atoms with E-state index in [9.17, 15) is 14.7 Å². The smallest absolute Gasteiger partial charge is 0.309 e. The zero-order chi connectivity index (χ0) is 30.8. The first-order valence-corrected chi connectivity index (χ1v) is 19.0. The van der Waals surface area contributed by atoms with Crippen LogP contribution in [0.3, 0.4) is 0 Å². The number of rotatable bonds is 35. The highest BCUT2D eigenvalue weighted by atomic mass is 16.5. The summed E-state index contributed by atoms with van der Waals surface area (Å²) in [5.41, 5.74) is 0. The van der Waals surface area contributed by atoms with Crippen molar-refractivity contribution in [3.8, 4) is 0 Å². The third-order valence-corrected chi connectivity index (χ3v) is 8.90. The van der Waals surface area contributed by atoms with Gasteiger partial charge in [-0.1, -0.05) is 200 Å². The number of hydrogen-bond acceptors (Lipinski definition) is 3. The number of hydrogen-bond donors (Lipinski definition) is 1. The molecule has 0 rings (SSSR count). The van der Waals surface area contributed by atoms with Gasteiger partial charge in [-0.05, 0) is 12.8 Å². The molecule has 4 nitrogen and oxygen atoms in total.